The van der Waals surface area contributed by atoms with E-state index in [4.69, 9.17) is 0 Å². The first-order chi connectivity index (χ1) is 14.0. The minimum atomic E-state index is -0.951. The van der Waals surface area contributed by atoms with E-state index in [-0.39, 0.29) is 12.3 Å². The topological polar surface area (TPSA) is 65.7 Å². The summed E-state index contributed by atoms with van der Waals surface area (Å²) in [5.74, 6) is -1.35. The Labute approximate surface area is 166 Å². The number of nitrogens with one attached hydrogen (secondary N) is 2. The molecule has 1 saturated carbocycles. The standard InChI is InChI=1S/C23H22F2N2O2/c24-19-11-6-14(13-20(19)25)12-18-21(26-23(29)27-22(18)28)17-9-7-16(8-10-17)15-4-2-1-3-5-15/h1-6,11,13,16-17H,7-10,12H2,(H2,26,27,28,29). The fourth-order valence-corrected chi connectivity index (χ4v) is 4.35. The predicted molar refractivity (Wildman–Crippen MR) is 107 cm³/mol. The van der Waals surface area contributed by atoms with Crippen LogP contribution < -0.4 is 11.2 Å². The van der Waals surface area contributed by atoms with Crippen LogP contribution in [-0.4, -0.2) is 9.97 Å². The van der Waals surface area contributed by atoms with Crippen LogP contribution in [0.25, 0.3) is 0 Å². The largest absolute Gasteiger partial charge is 0.325 e. The average molecular weight is 396 g/mol. The number of hydrogen-bond donors (Lipinski definition) is 2. The first-order valence-electron chi connectivity index (χ1n) is 9.85. The van der Waals surface area contributed by atoms with Gasteiger partial charge in [-0.05, 0) is 60.8 Å². The molecular weight excluding hydrogens is 374 g/mol. The molecule has 3 aromatic rings. The Morgan fingerprint density at radius 3 is 2.21 bits per heavy atom. The number of H-pyrrole nitrogens is 2. The van der Waals surface area contributed by atoms with Gasteiger partial charge >= 0.3 is 5.69 Å². The molecule has 0 spiro atoms. The molecule has 0 bridgehead atoms. The molecule has 2 aromatic carbocycles. The molecule has 0 unspecified atom stereocenters. The fourth-order valence-electron chi connectivity index (χ4n) is 4.35. The first-order valence-corrected chi connectivity index (χ1v) is 9.85. The predicted octanol–water partition coefficient (Wildman–Crippen LogP) is 4.37. The van der Waals surface area contributed by atoms with Crippen molar-refractivity contribution in [1.82, 2.24) is 9.97 Å². The molecule has 4 rings (SSSR count). The molecule has 1 fully saturated rings. The van der Waals surface area contributed by atoms with Crippen LogP contribution in [0.3, 0.4) is 0 Å². The zero-order valence-corrected chi connectivity index (χ0v) is 15.9. The minimum absolute atomic E-state index is 0.0604. The van der Waals surface area contributed by atoms with Gasteiger partial charge in [0, 0.05) is 17.7 Å². The maximum Gasteiger partial charge on any atom is 0.325 e. The molecule has 0 amide bonds. The van der Waals surface area contributed by atoms with Crippen molar-refractivity contribution in [3.63, 3.8) is 0 Å². The molecule has 4 nitrogen and oxygen atoms in total. The van der Waals surface area contributed by atoms with Crippen molar-refractivity contribution in [1.29, 1.82) is 0 Å². The van der Waals surface area contributed by atoms with Crippen LogP contribution in [0.2, 0.25) is 0 Å². The van der Waals surface area contributed by atoms with Gasteiger partial charge < -0.3 is 4.98 Å². The van der Waals surface area contributed by atoms with E-state index in [0.717, 1.165) is 37.8 Å². The van der Waals surface area contributed by atoms with Gasteiger partial charge in [-0.1, -0.05) is 36.4 Å². The molecular formula is C23H22F2N2O2. The molecule has 1 aliphatic rings. The lowest BCUT2D eigenvalue weighted by Crippen LogP contribution is -2.30. The Hall–Kier alpha value is -3.02. The highest BCUT2D eigenvalue weighted by Gasteiger charge is 2.27. The molecule has 0 radical (unpaired) electrons. The second-order valence-electron chi connectivity index (χ2n) is 7.68. The van der Waals surface area contributed by atoms with E-state index in [1.54, 1.807) is 0 Å². The zero-order chi connectivity index (χ0) is 20.4. The lowest BCUT2D eigenvalue weighted by Gasteiger charge is -2.29. The Morgan fingerprint density at radius 1 is 0.828 bits per heavy atom. The van der Waals surface area contributed by atoms with E-state index in [1.165, 1.54) is 11.6 Å². The second kappa shape index (κ2) is 8.15. The number of hydrogen-bond acceptors (Lipinski definition) is 2. The number of rotatable bonds is 4. The summed E-state index contributed by atoms with van der Waals surface area (Å²) < 4.78 is 26.8. The van der Waals surface area contributed by atoms with Gasteiger partial charge in [-0.3, -0.25) is 9.78 Å². The maximum atomic E-state index is 13.6. The Balaban J connectivity index is 1.60. The molecule has 1 heterocycles. The smallest absolute Gasteiger partial charge is 0.311 e. The van der Waals surface area contributed by atoms with E-state index in [1.807, 2.05) is 18.2 Å². The summed E-state index contributed by atoms with van der Waals surface area (Å²) >= 11 is 0. The van der Waals surface area contributed by atoms with Gasteiger partial charge in [0.1, 0.15) is 0 Å². The monoisotopic (exact) mass is 396 g/mol. The van der Waals surface area contributed by atoms with Crippen molar-refractivity contribution in [3.8, 4) is 0 Å². The van der Waals surface area contributed by atoms with Gasteiger partial charge in [0.15, 0.2) is 11.6 Å². The van der Waals surface area contributed by atoms with E-state index in [0.29, 0.717) is 22.7 Å². The summed E-state index contributed by atoms with van der Waals surface area (Å²) in [6.07, 6.45) is 3.77. The number of benzene rings is 2. The molecule has 2 N–H and O–H groups in total. The SMILES string of the molecule is O=c1[nH]c(C2CCC(c3ccccc3)CC2)c(Cc2ccc(F)c(F)c2)c(=O)[nH]1. The quantitative estimate of drug-likeness (QED) is 0.688. The van der Waals surface area contributed by atoms with Crippen molar-refractivity contribution in [2.75, 3.05) is 0 Å². The maximum absolute atomic E-state index is 13.6. The third-order valence-electron chi connectivity index (χ3n) is 5.85. The lowest BCUT2D eigenvalue weighted by molar-refractivity contribution is 0.388. The van der Waals surface area contributed by atoms with Crippen LogP contribution in [0.4, 0.5) is 8.78 Å². The van der Waals surface area contributed by atoms with Crippen molar-refractivity contribution in [3.05, 3.63) is 103 Å². The third-order valence-corrected chi connectivity index (χ3v) is 5.85. The summed E-state index contributed by atoms with van der Waals surface area (Å²) in [6.45, 7) is 0. The number of aromatic amines is 2. The molecule has 1 aliphatic carbocycles. The zero-order valence-electron chi connectivity index (χ0n) is 15.9. The van der Waals surface area contributed by atoms with Crippen molar-refractivity contribution < 1.29 is 8.78 Å². The normalized spacial score (nSPS) is 19.2. The molecule has 0 saturated heterocycles. The van der Waals surface area contributed by atoms with Crippen LogP contribution in [0, 0.1) is 11.6 Å². The summed E-state index contributed by atoms with van der Waals surface area (Å²) in [7, 11) is 0. The summed E-state index contributed by atoms with van der Waals surface area (Å²) in [4.78, 5) is 29.5. The summed E-state index contributed by atoms with van der Waals surface area (Å²) in [5.41, 5.74) is 1.82. The van der Waals surface area contributed by atoms with Gasteiger partial charge in [-0.2, -0.15) is 0 Å². The number of halogens is 2. The van der Waals surface area contributed by atoms with E-state index < -0.39 is 22.9 Å². The van der Waals surface area contributed by atoms with Crippen LogP contribution in [-0.2, 0) is 6.42 Å². The third kappa shape index (κ3) is 4.21. The van der Waals surface area contributed by atoms with E-state index >= 15 is 0 Å². The Kier molecular flexibility index (Phi) is 5.43. The molecule has 6 heteroatoms. The van der Waals surface area contributed by atoms with Crippen molar-refractivity contribution >= 4 is 0 Å². The molecule has 150 valence electrons. The van der Waals surface area contributed by atoms with Gasteiger partial charge in [-0.25, -0.2) is 13.6 Å². The molecule has 1 aromatic heterocycles. The average Bonchev–Trinajstić information content (AvgIpc) is 2.73. The van der Waals surface area contributed by atoms with Crippen LogP contribution in [0.1, 0.15) is 59.9 Å². The van der Waals surface area contributed by atoms with Gasteiger partial charge in [0.2, 0.25) is 0 Å². The molecule has 0 atom stereocenters. The lowest BCUT2D eigenvalue weighted by atomic mass is 9.76. The minimum Gasteiger partial charge on any atom is -0.311 e. The Bertz CT molecular complexity index is 1110. The first kappa shape index (κ1) is 19.3. The second-order valence-corrected chi connectivity index (χ2v) is 7.68. The van der Waals surface area contributed by atoms with Crippen LogP contribution >= 0.6 is 0 Å². The van der Waals surface area contributed by atoms with Gasteiger partial charge in [0.05, 0.1) is 0 Å². The van der Waals surface area contributed by atoms with Crippen LogP contribution in [0.15, 0.2) is 58.1 Å². The number of aromatic nitrogens is 2. The van der Waals surface area contributed by atoms with E-state index in [9.17, 15) is 18.4 Å². The van der Waals surface area contributed by atoms with Crippen LogP contribution in [0.5, 0.6) is 0 Å². The summed E-state index contributed by atoms with van der Waals surface area (Å²) in [6, 6.07) is 13.9. The highest BCUT2D eigenvalue weighted by Crippen LogP contribution is 2.40. The van der Waals surface area contributed by atoms with Crippen molar-refractivity contribution in [2.45, 2.75) is 43.9 Å². The molecule has 0 aliphatic heterocycles. The van der Waals surface area contributed by atoms with Gasteiger partial charge in [0.25, 0.3) is 5.56 Å². The Morgan fingerprint density at radius 2 is 1.52 bits per heavy atom. The van der Waals surface area contributed by atoms with E-state index in [2.05, 4.69) is 22.1 Å². The highest BCUT2D eigenvalue weighted by atomic mass is 19.2. The van der Waals surface area contributed by atoms with Gasteiger partial charge in [-0.15, -0.1) is 0 Å². The summed E-state index contributed by atoms with van der Waals surface area (Å²) in [5, 5.41) is 0. The highest BCUT2D eigenvalue weighted by molar-refractivity contribution is 5.30. The fraction of sp³-hybridized carbons (Fsp3) is 0.304. The van der Waals surface area contributed by atoms with Crippen molar-refractivity contribution in [2.24, 2.45) is 0 Å². The molecule has 29 heavy (non-hydrogen) atoms.